The lowest BCUT2D eigenvalue weighted by atomic mass is 10.1. The summed E-state index contributed by atoms with van der Waals surface area (Å²) in [5, 5.41) is 2.95. The Balaban J connectivity index is 2.07. The van der Waals surface area contributed by atoms with Crippen molar-refractivity contribution >= 4 is 5.91 Å². The number of nitrogens with zero attached hydrogens (tertiary/aromatic N) is 3. The van der Waals surface area contributed by atoms with E-state index < -0.39 is 11.2 Å². The maximum absolute atomic E-state index is 12.8. The predicted octanol–water partition coefficient (Wildman–Crippen LogP) is 1.38. The molecule has 1 amide bonds. The van der Waals surface area contributed by atoms with Gasteiger partial charge in [0, 0.05) is 19.8 Å². The van der Waals surface area contributed by atoms with Gasteiger partial charge in [-0.2, -0.15) is 4.98 Å². The van der Waals surface area contributed by atoms with Gasteiger partial charge in [-0.3, -0.25) is 14.2 Å². The van der Waals surface area contributed by atoms with Crippen molar-refractivity contribution in [3.63, 3.8) is 0 Å². The first kappa shape index (κ1) is 17.6. The van der Waals surface area contributed by atoms with Gasteiger partial charge in [0.1, 0.15) is 0 Å². The first-order chi connectivity index (χ1) is 12.3. The van der Waals surface area contributed by atoms with Gasteiger partial charge < -0.3 is 9.88 Å². The van der Waals surface area contributed by atoms with Gasteiger partial charge >= 0.3 is 5.69 Å². The molecule has 1 atom stereocenters. The third-order valence-electron chi connectivity index (χ3n) is 4.66. The van der Waals surface area contributed by atoms with Crippen LogP contribution >= 0.6 is 0 Å². The second-order valence-corrected chi connectivity index (χ2v) is 6.30. The first-order valence-corrected chi connectivity index (χ1v) is 8.24. The quantitative estimate of drug-likeness (QED) is 0.772. The Morgan fingerprint density at radius 2 is 1.77 bits per heavy atom. The van der Waals surface area contributed by atoms with Crippen molar-refractivity contribution in [2.24, 2.45) is 14.1 Å². The van der Waals surface area contributed by atoms with Crippen LogP contribution in [0.5, 0.6) is 0 Å². The molecule has 1 aromatic rings. The van der Waals surface area contributed by atoms with E-state index in [9.17, 15) is 14.4 Å². The largest absolute Gasteiger partial charge is 0.352 e. The minimum Gasteiger partial charge on any atom is -0.345 e. The zero-order chi connectivity index (χ0) is 19.0. The summed E-state index contributed by atoms with van der Waals surface area (Å²) in [4.78, 5) is 40.9. The van der Waals surface area contributed by atoms with E-state index in [1.165, 1.54) is 13.1 Å². The number of nitrogens with one attached hydrogen (secondary N) is 1. The fourth-order valence-corrected chi connectivity index (χ4v) is 2.89. The van der Waals surface area contributed by atoms with Crippen LogP contribution in [-0.4, -0.2) is 20.0 Å². The van der Waals surface area contributed by atoms with E-state index in [1.807, 2.05) is 37.3 Å². The van der Waals surface area contributed by atoms with E-state index in [4.69, 9.17) is 0 Å². The van der Waals surface area contributed by atoms with Gasteiger partial charge in [-0.15, -0.1) is 0 Å². The fraction of sp³-hybridized carbons (Fsp3) is 0.263. The molecule has 7 nitrogen and oxygen atoms in total. The van der Waals surface area contributed by atoms with Crippen LogP contribution in [-0.2, 0) is 14.1 Å². The minimum atomic E-state index is -0.618. The maximum atomic E-state index is 12.8. The molecule has 1 N–H and O–H groups in total. The SMILES string of the molecule is Cc1c(C(=O)N[C@H](C)c2ccccc2)cc2c(=O)n(C)c(=O)nc-2n1C. The minimum absolute atomic E-state index is 0.186. The third kappa shape index (κ3) is 2.92. The van der Waals surface area contributed by atoms with Gasteiger partial charge in [-0.1, -0.05) is 30.3 Å². The molecule has 134 valence electrons. The summed E-state index contributed by atoms with van der Waals surface area (Å²) in [5.41, 5.74) is 1.12. The van der Waals surface area contributed by atoms with E-state index >= 15 is 0 Å². The number of pyridine rings is 1. The van der Waals surface area contributed by atoms with E-state index in [2.05, 4.69) is 10.3 Å². The predicted molar refractivity (Wildman–Crippen MR) is 98.4 cm³/mol. The summed E-state index contributed by atoms with van der Waals surface area (Å²) >= 11 is 0. The van der Waals surface area contributed by atoms with E-state index in [0.29, 0.717) is 11.3 Å². The Hall–Kier alpha value is -3.22. The second-order valence-electron chi connectivity index (χ2n) is 6.30. The number of carbonyl (C=O) groups is 1. The van der Waals surface area contributed by atoms with Crippen LogP contribution in [0.15, 0.2) is 46.0 Å². The van der Waals surface area contributed by atoms with Crippen LogP contribution in [0, 0.1) is 6.92 Å². The van der Waals surface area contributed by atoms with Crippen LogP contribution in [0.1, 0.15) is 34.6 Å². The van der Waals surface area contributed by atoms with Crippen LogP contribution in [0.4, 0.5) is 0 Å². The average Bonchev–Trinajstić information content (AvgIpc) is 2.64. The van der Waals surface area contributed by atoms with Gasteiger partial charge in [0.2, 0.25) is 0 Å². The number of hydrogen-bond donors (Lipinski definition) is 1. The van der Waals surface area contributed by atoms with Crippen molar-refractivity contribution in [2.45, 2.75) is 19.9 Å². The Morgan fingerprint density at radius 1 is 1.12 bits per heavy atom. The van der Waals surface area contributed by atoms with Gasteiger partial charge in [-0.05, 0) is 25.5 Å². The zero-order valence-electron chi connectivity index (χ0n) is 15.1. The molecule has 0 spiro atoms. The zero-order valence-corrected chi connectivity index (χ0v) is 15.1. The molecule has 7 heteroatoms. The molecule has 0 bridgehead atoms. The van der Waals surface area contributed by atoms with Crippen molar-refractivity contribution < 1.29 is 4.79 Å². The number of benzene rings is 1. The Morgan fingerprint density at radius 3 is 2.42 bits per heavy atom. The Bertz CT molecular complexity index is 1070. The molecule has 0 fully saturated rings. The van der Waals surface area contributed by atoms with Crippen LogP contribution in [0.2, 0.25) is 0 Å². The molecule has 2 aliphatic heterocycles. The topological polar surface area (TPSA) is 86.0 Å². The number of amides is 1. The van der Waals surface area contributed by atoms with Gasteiger partial charge in [-0.25, -0.2) is 4.79 Å². The number of rotatable bonds is 3. The third-order valence-corrected chi connectivity index (χ3v) is 4.66. The van der Waals surface area contributed by atoms with Crippen LogP contribution in [0.25, 0.3) is 11.4 Å². The smallest absolute Gasteiger partial charge is 0.345 e. The lowest BCUT2D eigenvalue weighted by molar-refractivity contribution is 0.0938. The van der Waals surface area contributed by atoms with Crippen molar-refractivity contribution in [3.05, 3.63) is 74.1 Å². The summed E-state index contributed by atoms with van der Waals surface area (Å²) in [6, 6.07) is 10.9. The normalized spacial score (nSPS) is 12.2. The number of aromatic nitrogens is 3. The van der Waals surface area contributed by atoms with Crippen molar-refractivity contribution in [3.8, 4) is 11.4 Å². The van der Waals surface area contributed by atoms with Crippen molar-refractivity contribution in [1.29, 1.82) is 0 Å². The molecule has 0 saturated heterocycles. The highest BCUT2D eigenvalue weighted by Crippen LogP contribution is 2.20. The Labute approximate surface area is 150 Å². The fourth-order valence-electron chi connectivity index (χ4n) is 2.89. The van der Waals surface area contributed by atoms with E-state index in [0.717, 1.165) is 10.1 Å². The first-order valence-electron chi connectivity index (χ1n) is 8.24. The summed E-state index contributed by atoms with van der Waals surface area (Å²) < 4.78 is 2.53. The summed E-state index contributed by atoms with van der Waals surface area (Å²) in [7, 11) is 3.05. The molecule has 0 saturated carbocycles. The average molecular weight is 352 g/mol. The molecule has 0 aromatic heterocycles. The molecule has 0 unspecified atom stereocenters. The Kier molecular flexibility index (Phi) is 4.46. The summed E-state index contributed by atoms with van der Waals surface area (Å²) in [6.07, 6.45) is 0. The van der Waals surface area contributed by atoms with Crippen molar-refractivity contribution in [2.75, 3.05) is 0 Å². The highest BCUT2D eigenvalue weighted by atomic mass is 16.2. The summed E-state index contributed by atoms with van der Waals surface area (Å²) in [6.45, 7) is 3.65. The molecular weight excluding hydrogens is 332 g/mol. The number of fused-ring (bicyclic) bond motifs is 1. The van der Waals surface area contributed by atoms with Gasteiger partial charge in [0.05, 0.1) is 17.2 Å². The van der Waals surface area contributed by atoms with Gasteiger partial charge in [0.15, 0.2) is 5.82 Å². The number of carbonyl (C=O) groups excluding carboxylic acids is 1. The van der Waals surface area contributed by atoms with Crippen LogP contribution < -0.4 is 16.6 Å². The highest BCUT2D eigenvalue weighted by molar-refractivity contribution is 5.96. The van der Waals surface area contributed by atoms with Crippen LogP contribution in [0.3, 0.4) is 0 Å². The van der Waals surface area contributed by atoms with E-state index in [-0.39, 0.29) is 23.3 Å². The number of hydrogen-bond acceptors (Lipinski definition) is 4. The highest BCUT2D eigenvalue weighted by Gasteiger charge is 2.22. The van der Waals surface area contributed by atoms with E-state index in [1.54, 1.807) is 18.5 Å². The molecule has 26 heavy (non-hydrogen) atoms. The molecule has 0 aliphatic carbocycles. The molecule has 0 radical (unpaired) electrons. The molecule has 1 aromatic carbocycles. The summed E-state index contributed by atoms with van der Waals surface area (Å²) in [5.74, 6) is -0.0205. The van der Waals surface area contributed by atoms with Gasteiger partial charge in [0.25, 0.3) is 11.5 Å². The molecule has 2 aliphatic rings. The molecule has 3 rings (SSSR count). The monoisotopic (exact) mass is 352 g/mol. The molecular formula is C19H20N4O3. The maximum Gasteiger partial charge on any atom is 0.352 e. The molecule has 2 heterocycles. The van der Waals surface area contributed by atoms with Crippen molar-refractivity contribution in [1.82, 2.24) is 19.4 Å². The second kappa shape index (κ2) is 6.59. The lowest BCUT2D eigenvalue weighted by Gasteiger charge is -2.19. The standard InChI is InChI=1S/C19H20N4O3/c1-11(13-8-6-5-7-9-13)20-17(24)14-10-15-16(22(3)12(14)2)21-19(26)23(4)18(15)25/h5-11H,1-4H3,(H,20,24)/t11-/m1/s1. The lowest BCUT2D eigenvalue weighted by Crippen LogP contribution is -2.37.